The average Bonchev–Trinajstić information content (AvgIpc) is 2.88. The fraction of sp³-hybridized carbons (Fsp3) is 0.667. The van der Waals surface area contributed by atoms with Gasteiger partial charge in [0.1, 0.15) is 5.56 Å². The summed E-state index contributed by atoms with van der Waals surface area (Å²) in [6.07, 6.45) is 2.42. The Balaban J connectivity index is 3.11. The van der Waals surface area contributed by atoms with Crippen molar-refractivity contribution in [1.82, 2.24) is 14.9 Å². The molecule has 2 N–H and O–H groups in total. The van der Waals surface area contributed by atoms with Gasteiger partial charge in [-0.15, -0.1) is 0 Å². The highest BCUT2D eigenvalue weighted by Crippen LogP contribution is 2.20. The number of carbonyl (C=O) groups excluding carboxylic acids is 1. The monoisotopic (exact) mass is 303 g/mol. The molecule has 0 saturated carbocycles. The van der Waals surface area contributed by atoms with E-state index in [2.05, 4.69) is 14.9 Å². The van der Waals surface area contributed by atoms with Crippen LogP contribution >= 0.6 is 0 Å². The summed E-state index contributed by atoms with van der Waals surface area (Å²) in [5.41, 5.74) is -0.663. The molecule has 20 heavy (non-hydrogen) atoms. The molecule has 0 fully saturated rings. The zero-order valence-corrected chi connectivity index (χ0v) is 13.0. The second-order valence-electron chi connectivity index (χ2n) is 4.71. The molecule has 8 heteroatoms. The molecule has 0 atom stereocenters. The summed E-state index contributed by atoms with van der Waals surface area (Å²) < 4.78 is 32.1. The molecular weight excluding hydrogens is 282 g/mol. The molecule has 0 aliphatic carbocycles. The number of nitrogens with zero attached hydrogens (tertiary/aromatic N) is 1. The van der Waals surface area contributed by atoms with Crippen LogP contribution in [0.4, 0.5) is 0 Å². The van der Waals surface area contributed by atoms with E-state index in [9.17, 15) is 13.2 Å². The summed E-state index contributed by atoms with van der Waals surface area (Å²) in [6, 6.07) is 0. The molecule has 1 aromatic rings. The van der Waals surface area contributed by atoms with Crippen molar-refractivity contribution in [2.45, 2.75) is 51.1 Å². The summed E-state index contributed by atoms with van der Waals surface area (Å²) in [5.74, 6) is -0.712. The third-order valence-electron chi connectivity index (χ3n) is 3.31. The van der Waals surface area contributed by atoms with Crippen molar-refractivity contribution in [2.75, 3.05) is 6.61 Å². The van der Waals surface area contributed by atoms with Gasteiger partial charge in [0.15, 0.2) is 5.03 Å². The number of hydrogen-bond donors (Lipinski definition) is 2. The number of rotatable bonds is 7. The Bertz CT molecular complexity index is 561. The van der Waals surface area contributed by atoms with Crippen LogP contribution in [0.5, 0.6) is 0 Å². The summed E-state index contributed by atoms with van der Waals surface area (Å²) in [6.45, 7) is 7.41. The molecule has 1 heterocycles. The van der Waals surface area contributed by atoms with Crippen LogP contribution < -0.4 is 4.72 Å². The predicted octanol–water partition coefficient (Wildman–Crippen LogP) is 1.44. The molecule has 0 bridgehead atoms. The number of esters is 1. The molecule has 0 aliphatic rings. The van der Waals surface area contributed by atoms with Crippen LogP contribution in [-0.4, -0.2) is 36.7 Å². The number of H-pyrrole nitrogens is 1. The Hall–Kier alpha value is -1.41. The van der Waals surface area contributed by atoms with Gasteiger partial charge >= 0.3 is 5.97 Å². The molecule has 0 unspecified atom stereocenters. The number of hydrogen-bond acceptors (Lipinski definition) is 5. The van der Waals surface area contributed by atoms with Gasteiger partial charge in [0.05, 0.1) is 12.8 Å². The fourth-order valence-electron chi connectivity index (χ4n) is 1.60. The highest BCUT2D eigenvalue weighted by Gasteiger charge is 2.32. The van der Waals surface area contributed by atoms with Gasteiger partial charge in [0.25, 0.3) is 10.0 Å². The molecular formula is C12H21N3O4S. The third kappa shape index (κ3) is 3.57. The first-order valence-electron chi connectivity index (χ1n) is 6.54. The quantitative estimate of drug-likeness (QED) is 0.742. The fourth-order valence-corrected chi connectivity index (χ4v) is 3.24. The minimum atomic E-state index is -3.86. The van der Waals surface area contributed by atoms with E-state index in [1.54, 1.807) is 6.92 Å². The first-order chi connectivity index (χ1) is 9.29. The van der Waals surface area contributed by atoms with Crippen LogP contribution in [0.15, 0.2) is 11.2 Å². The summed E-state index contributed by atoms with van der Waals surface area (Å²) >= 11 is 0. The molecule has 0 radical (unpaired) electrons. The number of ether oxygens (including phenoxy) is 1. The van der Waals surface area contributed by atoms with Crippen LogP contribution in [0, 0.1) is 0 Å². The zero-order chi connectivity index (χ0) is 15.4. The van der Waals surface area contributed by atoms with Gasteiger partial charge in [-0.05, 0) is 26.7 Å². The lowest BCUT2D eigenvalue weighted by Gasteiger charge is -2.27. The van der Waals surface area contributed by atoms with Crippen molar-refractivity contribution in [3.8, 4) is 0 Å². The minimum Gasteiger partial charge on any atom is -0.462 e. The first kappa shape index (κ1) is 16.6. The lowest BCUT2D eigenvalue weighted by Crippen LogP contribution is -2.45. The van der Waals surface area contributed by atoms with Crippen LogP contribution in [0.3, 0.4) is 0 Å². The second kappa shape index (κ2) is 6.36. The van der Waals surface area contributed by atoms with Crippen molar-refractivity contribution < 1.29 is 17.9 Å². The van der Waals surface area contributed by atoms with Crippen molar-refractivity contribution in [3.63, 3.8) is 0 Å². The smallest absolute Gasteiger partial charge is 0.342 e. The Morgan fingerprint density at radius 1 is 1.40 bits per heavy atom. The summed E-state index contributed by atoms with van der Waals surface area (Å²) in [4.78, 5) is 11.7. The molecule has 1 rings (SSSR count). The molecule has 0 amide bonds. The molecule has 114 valence electrons. The normalized spacial score (nSPS) is 12.4. The zero-order valence-electron chi connectivity index (χ0n) is 12.2. The largest absolute Gasteiger partial charge is 0.462 e. The van der Waals surface area contributed by atoms with Gasteiger partial charge < -0.3 is 4.74 Å². The topological polar surface area (TPSA) is 101 Å². The van der Waals surface area contributed by atoms with E-state index in [0.29, 0.717) is 12.8 Å². The highest BCUT2D eigenvalue weighted by molar-refractivity contribution is 7.89. The van der Waals surface area contributed by atoms with Crippen molar-refractivity contribution >= 4 is 16.0 Å². The Morgan fingerprint density at radius 3 is 2.50 bits per heavy atom. The molecule has 1 aromatic heterocycles. The molecule has 7 nitrogen and oxygen atoms in total. The van der Waals surface area contributed by atoms with E-state index in [1.807, 2.05) is 20.8 Å². The predicted molar refractivity (Wildman–Crippen MR) is 73.9 cm³/mol. The van der Waals surface area contributed by atoms with E-state index in [4.69, 9.17) is 4.74 Å². The number of aromatic nitrogens is 2. The number of nitrogens with one attached hydrogen (secondary N) is 2. The van der Waals surface area contributed by atoms with Gasteiger partial charge in [-0.25, -0.2) is 17.9 Å². The van der Waals surface area contributed by atoms with E-state index in [0.717, 1.165) is 6.20 Å². The SMILES string of the molecule is CCOC(=O)c1cn[nH]c1S(=O)(=O)NC(C)(CC)CC. The van der Waals surface area contributed by atoms with Crippen molar-refractivity contribution in [2.24, 2.45) is 0 Å². The maximum atomic E-state index is 12.4. The summed E-state index contributed by atoms with van der Waals surface area (Å²) in [5, 5.41) is 5.72. The molecule has 0 aromatic carbocycles. The lowest BCUT2D eigenvalue weighted by molar-refractivity contribution is 0.0521. The van der Waals surface area contributed by atoms with Gasteiger partial charge in [0.2, 0.25) is 0 Å². The number of sulfonamides is 1. The van der Waals surface area contributed by atoms with Crippen LogP contribution in [-0.2, 0) is 14.8 Å². The van der Waals surface area contributed by atoms with Crippen LogP contribution in [0.1, 0.15) is 50.9 Å². The van der Waals surface area contributed by atoms with Gasteiger partial charge in [-0.2, -0.15) is 5.10 Å². The highest BCUT2D eigenvalue weighted by atomic mass is 32.2. The van der Waals surface area contributed by atoms with E-state index in [1.165, 1.54) is 0 Å². The van der Waals surface area contributed by atoms with Gasteiger partial charge in [0, 0.05) is 5.54 Å². The number of aromatic amines is 1. The number of carbonyl (C=O) groups is 1. The maximum absolute atomic E-state index is 12.4. The molecule has 0 aliphatic heterocycles. The Kier molecular flexibility index (Phi) is 5.29. The third-order valence-corrected chi connectivity index (χ3v) is 4.92. The summed E-state index contributed by atoms with van der Waals surface area (Å²) in [7, 11) is -3.86. The van der Waals surface area contributed by atoms with Crippen molar-refractivity contribution in [1.29, 1.82) is 0 Å². The lowest BCUT2D eigenvalue weighted by atomic mass is 9.98. The van der Waals surface area contributed by atoms with E-state index in [-0.39, 0.29) is 17.2 Å². The van der Waals surface area contributed by atoms with E-state index >= 15 is 0 Å². The first-order valence-corrected chi connectivity index (χ1v) is 8.02. The second-order valence-corrected chi connectivity index (χ2v) is 6.33. The Labute approximate surface area is 119 Å². The van der Waals surface area contributed by atoms with Crippen LogP contribution in [0.2, 0.25) is 0 Å². The van der Waals surface area contributed by atoms with Gasteiger partial charge in [-0.3, -0.25) is 5.10 Å². The Morgan fingerprint density at radius 2 is 2.00 bits per heavy atom. The minimum absolute atomic E-state index is 0.0890. The van der Waals surface area contributed by atoms with Gasteiger partial charge in [-0.1, -0.05) is 13.8 Å². The standard InChI is InChI=1S/C12H21N3O4S/c1-5-12(4,6-2)15-20(17,18)10-9(8-13-14-10)11(16)19-7-3/h8,15H,5-7H2,1-4H3,(H,13,14). The van der Waals surface area contributed by atoms with Crippen molar-refractivity contribution in [3.05, 3.63) is 11.8 Å². The maximum Gasteiger partial charge on any atom is 0.342 e. The molecule has 0 saturated heterocycles. The molecule has 0 spiro atoms. The van der Waals surface area contributed by atoms with E-state index < -0.39 is 21.5 Å². The van der Waals surface area contributed by atoms with Crippen LogP contribution in [0.25, 0.3) is 0 Å². The average molecular weight is 303 g/mol.